The number of para-hydroxylation sites is 1. The monoisotopic (exact) mass is 185 g/mol. The molecule has 1 rings (SSSR count). The molecule has 0 spiro atoms. The maximum Gasteiger partial charge on any atom is 0.252 e. The molecular weight excluding hydrogens is 178 g/mol. The Balaban J connectivity index is 3.27. The van der Waals surface area contributed by atoms with Crippen LogP contribution in [0.1, 0.15) is 10.4 Å². The van der Waals surface area contributed by atoms with E-state index in [2.05, 4.69) is 0 Å². The van der Waals surface area contributed by atoms with E-state index in [0.717, 1.165) is 0 Å². The van der Waals surface area contributed by atoms with E-state index in [9.17, 15) is 4.79 Å². The number of halogens is 1. The average Bonchev–Trinajstić information content (AvgIpc) is 2.03. The van der Waals surface area contributed by atoms with Crippen molar-refractivity contribution in [3.05, 3.63) is 28.8 Å². The molecule has 12 heavy (non-hydrogen) atoms. The number of benzene rings is 1. The molecule has 0 aliphatic carbocycles. The van der Waals surface area contributed by atoms with Gasteiger partial charge in [-0.2, -0.15) is 0 Å². The number of ether oxygens (including phenoxy) is 1. The van der Waals surface area contributed by atoms with Gasteiger partial charge < -0.3 is 10.5 Å². The van der Waals surface area contributed by atoms with Gasteiger partial charge in [0.25, 0.3) is 5.91 Å². The third kappa shape index (κ3) is 1.51. The molecule has 1 aromatic rings. The molecule has 3 nitrogen and oxygen atoms in total. The van der Waals surface area contributed by atoms with Gasteiger partial charge in [0.05, 0.1) is 17.7 Å². The number of nitrogens with two attached hydrogens (primary N) is 1. The lowest BCUT2D eigenvalue weighted by molar-refractivity contribution is 0.0997. The molecule has 0 aliphatic rings. The molecule has 0 saturated heterocycles. The fourth-order valence-electron chi connectivity index (χ4n) is 0.910. The molecule has 0 aromatic heterocycles. The van der Waals surface area contributed by atoms with Crippen molar-refractivity contribution in [2.24, 2.45) is 5.73 Å². The van der Waals surface area contributed by atoms with Crippen LogP contribution in [-0.2, 0) is 0 Å². The first-order valence-electron chi connectivity index (χ1n) is 3.29. The molecule has 4 heteroatoms. The molecule has 0 heterocycles. The normalized spacial score (nSPS) is 9.50. The Labute approximate surface area is 75.1 Å². The minimum absolute atomic E-state index is 0.296. The standard InChI is InChI=1S/C8H8ClNO2/c1-12-7-5(8(10)11)3-2-4-6(7)9/h2-4H,1H3,(H2,10,11). The zero-order valence-electron chi connectivity index (χ0n) is 6.50. The Kier molecular flexibility index (Phi) is 2.55. The predicted molar refractivity (Wildman–Crippen MR) is 46.5 cm³/mol. The third-order valence-electron chi connectivity index (χ3n) is 1.44. The first-order chi connectivity index (χ1) is 5.66. The lowest BCUT2D eigenvalue weighted by Crippen LogP contribution is -2.12. The van der Waals surface area contributed by atoms with Gasteiger partial charge in [-0.25, -0.2) is 0 Å². The van der Waals surface area contributed by atoms with Crippen molar-refractivity contribution in [3.63, 3.8) is 0 Å². The highest BCUT2D eigenvalue weighted by Gasteiger charge is 2.10. The summed E-state index contributed by atoms with van der Waals surface area (Å²) < 4.78 is 4.90. The number of amides is 1. The first kappa shape index (κ1) is 8.87. The van der Waals surface area contributed by atoms with Gasteiger partial charge >= 0.3 is 0 Å². The minimum atomic E-state index is -0.547. The van der Waals surface area contributed by atoms with Crippen molar-refractivity contribution >= 4 is 17.5 Å². The second-order valence-electron chi connectivity index (χ2n) is 2.18. The van der Waals surface area contributed by atoms with Crippen LogP contribution in [-0.4, -0.2) is 13.0 Å². The molecule has 0 unspecified atom stereocenters. The highest BCUT2D eigenvalue weighted by Crippen LogP contribution is 2.27. The van der Waals surface area contributed by atoms with Crippen molar-refractivity contribution < 1.29 is 9.53 Å². The summed E-state index contributed by atoms with van der Waals surface area (Å²) in [5, 5.41) is 0.383. The lowest BCUT2D eigenvalue weighted by Gasteiger charge is -2.05. The Morgan fingerprint density at radius 1 is 1.58 bits per heavy atom. The van der Waals surface area contributed by atoms with Crippen molar-refractivity contribution in [2.45, 2.75) is 0 Å². The number of hydrogen-bond acceptors (Lipinski definition) is 2. The summed E-state index contributed by atoms with van der Waals surface area (Å²) in [6, 6.07) is 4.84. The van der Waals surface area contributed by atoms with Crippen molar-refractivity contribution in [1.29, 1.82) is 0 Å². The van der Waals surface area contributed by atoms with Crippen LogP contribution in [0.3, 0.4) is 0 Å². The van der Waals surface area contributed by atoms with Crippen LogP contribution >= 0.6 is 11.6 Å². The number of hydrogen-bond donors (Lipinski definition) is 1. The summed E-state index contributed by atoms with van der Waals surface area (Å²) in [6.07, 6.45) is 0. The van der Waals surface area contributed by atoms with Crippen LogP contribution in [0.5, 0.6) is 5.75 Å². The molecule has 2 N–H and O–H groups in total. The van der Waals surface area contributed by atoms with Gasteiger partial charge in [0.1, 0.15) is 5.75 Å². The van der Waals surface area contributed by atoms with E-state index < -0.39 is 5.91 Å². The topological polar surface area (TPSA) is 52.3 Å². The second-order valence-corrected chi connectivity index (χ2v) is 2.59. The summed E-state index contributed by atoms with van der Waals surface area (Å²) in [6.45, 7) is 0. The lowest BCUT2D eigenvalue weighted by atomic mass is 10.2. The molecular formula is C8H8ClNO2. The number of carbonyl (C=O) groups excluding carboxylic acids is 1. The van der Waals surface area contributed by atoms with Crippen molar-refractivity contribution in [1.82, 2.24) is 0 Å². The Morgan fingerprint density at radius 3 is 2.67 bits per heavy atom. The summed E-state index contributed by atoms with van der Waals surface area (Å²) in [7, 11) is 1.44. The highest BCUT2D eigenvalue weighted by molar-refractivity contribution is 6.32. The van der Waals surface area contributed by atoms with E-state index in [-0.39, 0.29) is 0 Å². The fraction of sp³-hybridized carbons (Fsp3) is 0.125. The molecule has 0 saturated carbocycles. The maximum absolute atomic E-state index is 10.8. The molecule has 0 aliphatic heterocycles. The quantitative estimate of drug-likeness (QED) is 0.758. The molecule has 1 aromatic carbocycles. The Morgan fingerprint density at radius 2 is 2.25 bits per heavy atom. The summed E-state index contributed by atoms with van der Waals surface area (Å²) in [4.78, 5) is 10.8. The van der Waals surface area contributed by atoms with E-state index in [1.165, 1.54) is 7.11 Å². The first-order valence-corrected chi connectivity index (χ1v) is 3.67. The van der Waals surface area contributed by atoms with Crippen molar-refractivity contribution in [2.75, 3.05) is 7.11 Å². The van der Waals surface area contributed by atoms with E-state index in [0.29, 0.717) is 16.3 Å². The number of rotatable bonds is 2. The van der Waals surface area contributed by atoms with E-state index in [1.807, 2.05) is 0 Å². The molecule has 1 amide bonds. The van der Waals surface area contributed by atoms with Gasteiger partial charge in [-0.05, 0) is 12.1 Å². The predicted octanol–water partition coefficient (Wildman–Crippen LogP) is 1.45. The maximum atomic E-state index is 10.8. The number of carbonyl (C=O) groups is 1. The zero-order chi connectivity index (χ0) is 9.14. The van der Waals surface area contributed by atoms with Crippen LogP contribution in [0.15, 0.2) is 18.2 Å². The second kappa shape index (κ2) is 3.45. The third-order valence-corrected chi connectivity index (χ3v) is 1.73. The van der Waals surface area contributed by atoms with Gasteiger partial charge in [-0.15, -0.1) is 0 Å². The SMILES string of the molecule is COc1c(Cl)cccc1C(N)=O. The fourth-order valence-corrected chi connectivity index (χ4v) is 1.16. The van der Waals surface area contributed by atoms with Crippen molar-refractivity contribution in [3.8, 4) is 5.75 Å². The van der Waals surface area contributed by atoms with E-state index >= 15 is 0 Å². The smallest absolute Gasteiger partial charge is 0.252 e. The van der Waals surface area contributed by atoms with Crippen LogP contribution < -0.4 is 10.5 Å². The molecule has 0 bridgehead atoms. The van der Waals surface area contributed by atoms with Gasteiger partial charge in [-0.1, -0.05) is 17.7 Å². The van der Waals surface area contributed by atoms with Gasteiger partial charge in [0.15, 0.2) is 0 Å². The molecule has 64 valence electrons. The molecule has 0 atom stereocenters. The van der Waals surface area contributed by atoms with E-state index in [1.54, 1.807) is 18.2 Å². The van der Waals surface area contributed by atoms with Gasteiger partial charge in [0.2, 0.25) is 0 Å². The van der Waals surface area contributed by atoms with E-state index in [4.69, 9.17) is 22.1 Å². The Hall–Kier alpha value is -1.22. The van der Waals surface area contributed by atoms with Crippen LogP contribution in [0.2, 0.25) is 5.02 Å². The van der Waals surface area contributed by atoms with Gasteiger partial charge in [-0.3, -0.25) is 4.79 Å². The van der Waals surface area contributed by atoms with Crippen LogP contribution in [0.25, 0.3) is 0 Å². The number of primary amides is 1. The Bertz CT molecular complexity index is 312. The van der Waals surface area contributed by atoms with Crippen LogP contribution in [0.4, 0.5) is 0 Å². The average molecular weight is 186 g/mol. The highest BCUT2D eigenvalue weighted by atomic mass is 35.5. The minimum Gasteiger partial charge on any atom is -0.494 e. The summed E-state index contributed by atoms with van der Waals surface area (Å²) >= 11 is 5.74. The van der Waals surface area contributed by atoms with Crippen LogP contribution in [0, 0.1) is 0 Å². The van der Waals surface area contributed by atoms with Gasteiger partial charge in [0, 0.05) is 0 Å². The summed E-state index contributed by atoms with van der Waals surface area (Å²) in [5.74, 6) is -0.221. The zero-order valence-corrected chi connectivity index (χ0v) is 7.26. The molecule has 0 radical (unpaired) electrons. The number of methoxy groups -OCH3 is 1. The molecule has 0 fully saturated rings. The summed E-state index contributed by atoms with van der Waals surface area (Å²) in [5.41, 5.74) is 5.38. The largest absolute Gasteiger partial charge is 0.494 e.